The van der Waals surface area contributed by atoms with E-state index in [4.69, 9.17) is 12.4 Å². The number of rotatable bonds is 24. The van der Waals surface area contributed by atoms with Gasteiger partial charge in [-0.15, -0.1) is 0 Å². The molecular weight excluding hydrogens is 449 g/mol. The van der Waals surface area contributed by atoms with Gasteiger partial charge in [-0.05, 0) is 0 Å². The summed E-state index contributed by atoms with van der Waals surface area (Å²) in [6.45, 7) is 8.98. The van der Waals surface area contributed by atoms with E-state index in [1.54, 1.807) is 0 Å². The molecule has 0 saturated heterocycles. The molecule has 1 unspecified atom stereocenters. The fourth-order valence-electron chi connectivity index (χ4n) is 3.97. The van der Waals surface area contributed by atoms with Gasteiger partial charge in [-0.2, -0.15) is 0 Å². The molecule has 0 bridgehead atoms. The molecule has 1 atom stereocenters. The summed E-state index contributed by atoms with van der Waals surface area (Å²) in [4.78, 5) is 0. The predicted molar refractivity (Wildman–Crippen MR) is 125 cm³/mol. The molecule has 0 N–H and O–H groups in total. The van der Waals surface area contributed by atoms with Gasteiger partial charge >= 0.3 is 197 Å². The standard InChI is InChI=1S/C20H41.C4H11O4P.Zn/c1-4-6-8-10-12-13-15-17-19-20(3)18-16-14-11-9-7-5-2;1-3-7-9(5,6)8-4-2;/h20H,3-19H2,1-2H3;3-4H2,1-2H3,(H,5,6);/q;;+1/p-1. The van der Waals surface area contributed by atoms with Crippen LogP contribution >= 0.6 is 7.82 Å². The first-order valence-corrected chi connectivity index (χ1v) is 17.9. The van der Waals surface area contributed by atoms with E-state index in [1.165, 1.54) is 103 Å². The zero-order valence-corrected chi connectivity index (χ0v) is 24.7. The average Bonchev–Trinajstić information content (AvgIpc) is 2.72. The van der Waals surface area contributed by atoms with Gasteiger partial charge in [-0.3, -0.25) is 0 Å². The van der Waals surface area contributed by atoms with Crippen LogP contribution in [0.2, 0.25) is 5.02 Å². The second-order valence-corrected chi connectivity index (χ2v) is 14.0. The molecule has 0 rings (SSSR count). The fourth-order valence-corrected chi connectivity index (χ4v) is 10.1. The molecule has 0 fully saturated rings. The molecule has 0 aromatic rings. The maximum absolute atomic E-state index is 12.5. The first kappa shape index (κ1) is 30.7. The van der Waals surface area contributed by atoms with Gasteiger partial charge in [0.2, 0.25) is 0 Å². The Bertz CT molecular complexity index is 385. The second kappa shape index (κ2) is 22.9. The first-order valence-electron chi connectivity index (χ1n) is 13.1. The quantitative estimate of drug-likeness (QED) is 0.0753. The van der Waals surface area contributed by atoms with E-state index < -0.39 is 25.3 Å². The number of hydrogen-bond donors (Lipinski definition) is 0. The van der Waals surface area contributed by atoms with Gasteiger partial charge in [0.15, 0.2) is 0 Å². The van der Waals surface area contributed by atoms with Crippen molar-refractivity contribution < 1.29 is 34.4 Å². The van der Waals surface area contributed by atoms with E-state index >= 15 is 0 Å². The minimum atomic E-state index is -3.29. The first-order chi connectivity index (χ1) is 14.6. The molecule has 0 spiro atoms. The summed E-state index contributed by atoms with van der Waals surface area (Å²) >= 11 is -1.37. The van der Waals surface area contributed by atoms with E-state index in [9.17, 15) is 4.57 Å². The van der Waals surface area contributed by atoms with Gasteiger partial charge in [0, 0.05) is 0 Å². The van der Waals surface area contributed by atoms with Crippen molar-refractivity contribution in [1.82, 2.24) is 0 Å². The molecule has 0 aliphatic carbocycles. The molecule has 30 heavy (non-hydrogen) atoms. The summed E-state index contributed by atoms with van der Waals surface area (Å²) in [6.07, 6.45) is 21.8. The van der Waals surface area contributed by atoms with Crippen molar-refractivity contribution in [3.05, 3.63) is 0 Å². The van der Waals surface area contributed by atoms with E-state index in [2.05, 4.69) is 13.8 Å². The van der Waals surface area contributed by atoms with Gasteiger partial charge in [0.05, 0.1) is 0 Å². The van der Waals surface area contributed by atoms with Crippen LogP contribution in [0.4, 0.5) is 0 Å². The monoisotopic (exact) mass is 498 g/mol. The van der Waals surface area contributed by atoms with Crippen LogP contribution in [0.15, 0.2) is 0 Å². The Morgan fingerprint density at radius 2 is 1.03 bits per heavy atom. The summed E-state index contributed by atoms with van der Waals surface area (Å²) in [7, 11) is -3.29. The molecule has 178 valence electrons. The van der Waals surface area contributed by atoms with E-state index in [0.717, 1.165) is 10.9 Å². The number of unbranched alkanes of at least 4 members (excludes halogenated alkanes) is 12. The molecule has 0 aliphatic rings. The van der Waals surface area contributed by atoms with Crippen LogP contribution in [-0.4, -0.2) is 13.2 Å². The summed E-state index contributed by atoms with van der Waals surface area (Å²) < 4.78 is 28.9. The molecule has 0 aromatic heterocycles. The maximum atomic E-state index is 12.5. The molecule has 0 radical (unpaired) electrons. The molecule has 0 aromatic carbocycles. The van der Waals surface area contributed by atoms with Crippen LogP contribution < -0.4 is 0 Å². The Morgan fingerprint density at radius 3 is 1.43 bits per heavy atom. The third-order valence-electron chi connectivity index (χ3n) is 5.78. The molecular formula is C24H51O4PZn. The Balaban J connectivity index is 4.20. The van der Waals surface area contributed by atoms with Crippen molar-refractivity contribution in [2.24, 2.45) is 5.92 Å². The predicted octanol–water partition coefficient (Wildman–Crippen LogP) is 9.50. The molecule has 6 heteroatoms. The molecule has 0 aliphatic heterocycles. The fraction of sp³-hybridized carbons (Fsp3) is 1.00. The third-order valence-corrected chi connectivity index (χ3v) is 12.8. The molecule has 0 amide bonds. The van der Waals surface area contributed by atoms with Crippen LogP contribution in [0.1, 0.15) is 130 Å². The zero-order chi connectivity index (χ0) is 22.3. The summed E-state index contributed by atoms with van der Waals surface area (Å²) in [5.74, 6) is 0.743. The number of phosphoric acid groups is 1. The van der Waals surface area contributed by atoms with Crippen molar-refractivity contribution in [1.29, 1.82) is 0 Å². The zero-order valence-electron chi connectivity index (χ0n) is 20.8. The minimum absolute atomic E-state index is 0.374. The topological polar surface area (TPSA) is 44.8 Å². The Labute approximate surface area is 196 Å². The normalized spacial score (nSPS) is 12.8. The van der Waals surface area contributed by atoms with Crippen molar-refractivity contribution in [2.45, 2.75) is 135 Å². The Morgan fingerprint density at radius 1 is 0.633 bits per heavy atom. The number of phosphoric ester groups is 1. The summed E-state index contributed by atoms with van der Waals surface area (Å²) in [6, 6.07) is 0. The van der Waals surface area contributed by atoms with E-state index in [-0.39, 0.29) is 0 Å². The van der Waals surface area contributed by atoms with Crippen LogP contribution in [-0.2, 0) is 34.4 Å². The van der Waals surface area contributed by atoms with Crippen molar-refractivity contribution >= 4 is 7.82 Å². The summed E-state index contributed by atoms with van der Waals surface area (Å²) in [5.41, 5.74) is 0. The van der Waals surface area contributed by atoms with Crippen LogP contribution in [0.5, 0.6) is 0 Å². The Hall–Kier alpha value is 0.733. The molecule has 0 saturated carbocycles. The van der Waals surface area contributed by atoms with E-state index in [1.807, 2.05) is 13.8 Å². The average molecular weight is 500 g/mol. The van der Waals surface area contributed by atoms with Crippen LogP contribution in [0.25, 0.3) is 0 Å². The van der Waals surface area contributed by atoms with Crippen molar-refractivity contribution in [3.8, 4) is 0 Å². The van der Waals surface area contributed by atoms with Crippen LogP contribution in [0, 0.1) is 5.92 Å². The second-order valence-electron chi connectivity index (χ2n) is 8.59. The van der Waals surface area contributed by atoms with Crippen LogP contribution in [0.3, 0.4) is 0 Å². The third kappa shape index (κ3) is 19.4. The Kier molecular flexibility index (Phi) is 23.5. The van der Waals surface area contributed by atoms with Gasteiger partial charge in [0.25, 0.3) is 0 Å². The van der Waals surface area contributed by atoms with Gasteiger partial charge in [0.1, 0.15) is 0 Å². The van der Waals surface area contributed by atoms with Gasteiger partial charge < -0.3 is 0 Å². The van der Waals surface area contributed by atoms with Crippen molar-refractivity contribution in [3.63, 3.8) is 0 Å². The SMILES string of the molecule is CCCCCCCCCCC(CCCCCCCC)[CH2][Zn][O]P(=O)(OCC)OCC. The summed E-state index contributed by atoms with van der Waals surface area (Å²) in [5, 5.41) is 1.14. The molecule has 4 nitrogen and oxygen atoms in total. The number of hydrogen-bond acceptors (Lipinski definition) is 4. The molecule has 0 heterocycles. The van der Waals surface area contributed by atoms with Gasteiger partial charge in [-0.25, -0.2) is 0 Å². The van der Waals surface area contributed by atoms with E-state index in [0.29, 0.717) is 13.2 Å². The van der Waals surface area contributed by atoms with Gasteiger partial charge in [-0.1, -0.05) is 0 Å². The van der Waals surface area contributed by atoms with Crippen molar-refractivity contribution in [2.75, 3.05) is 13.2 Å².